The molecule has 4 aromatic rings. The number of hydrogen-bond acceptors (Lipinski definition) is 7. The van der Waals surface area contributed by atoms with Crippen molar-refractivity contribution in [1.29, 1.82) is 0 Å². The van der Waals surface area contributed by atoms with Gasteiger partial charge in [0.15, 0.2) is 0 Å². The molecule has 0 bridgehead atoms. The number of carbonyl (C=O) groups excluding carboxylic acids is 2. The number of rotatable bonds is 8. The SMILES string of the molecule is CCOC(=O)c1c(NC(=O)c2ccc(S(=O)(=O)N3CCCc4ccccc43)cc2)sc2c1CCN(Cc1ccccc1)C2. The first-order valence-electron chi connectivity index (χ1n) is 14.4. The second kappa shape index (κ2) is 12.3. The van der Waals surface area contributed by atoms with Gasteiger partial charge in [0.25, 0.3) is 15.9 Å². The lowest BCUT2D eigenvalue weighted by Crippen LogP contribution is -2.35. The number of sulfonamides is 1. The molecule has 2 aliphatic heterocycles. The molecule has 0 fully saturated rings. The number of fused-ring (bicyclic) bond motifs is 2. The van der Waals surface area contributed by atoms with E-state index in [9.17, 15) is 18.0 Å². The molecule has 2 aliphatic rings. The van der Waals surface area contributed by atoms with Gasteiger partial charge in [0.05, 0.1) is 22.8 Å². The Labute approximate surface area is 256 Å². The van der Waals surface area contributed by atoms with Crippen molar-refractivity contribution >= 4 is 43.9 Å². The minimum absolute atomic E-state index is 0.123. The van der Waals surface area contributed by atoms with Crippen molar-refractivity contribution in [2.24, 2.45) is 0 Å². The Morgan fingerprint density at radius 3 is 2.44 bits per heavy atom. The topological polar surface area (TPSA) is 96.0 Å². The monoisotopic (exact) mass is 615 g/mol. The Morgan fingerprint density at radius 2 is 1.67 bits per heavy atom. The van der Waals surface area contributed by atoms with Crippen LogP contribution in [0, 0.1) is 0 Å². The lowest BCUT2D eigenvalue weighted by molar-refractivity contribution is 0.0526. The maximum Gasteiger partial charge on any atom is 0.341 e. The van der Waals surface area contributed by atoms with Crippen LogP contribution < -0.4 is 9.62 Å². The normalized spacial score (nSPS) is 15.0. The maximum absolute atomic E-state index is 13.5. The molecule has 0 aliphatic carbocycles. The van der Waals surface area contributed by atoms with Crippen molar-refractivity contribution in [3.05, 3.63) is 112 Å². The molecule has 10 heteroatoms. The third-order valence-electron chi connectivity index (χ3n) is 7.86. The van der Waals surface area contributed by atoms with Crippen LogP contribution >= 0.6 is 11.3 Å². The van der Waals surface area contributed by atoms with Gasteiger partial charge in [0.2, 0.25) is 0 Å². The average molecular weight is 616 g/mol. The van der Waals surface area contributed by atoms with E-state index in [-0.39, 0.29) is 11.5 Å². The molecule has 43 heavy (non-hydrogen) atoms. The van der Waals surface area contributed by atoms with Crippen molar-refractivity contribution in [1.82, 2.24) is 4.90 Å². The van der Waals surface area contributed by atoms with Crippen LogP contribution in [0.4, 0.5) is 10.7 Å². The molecule has 1 N–H and O–H groups in total. The van der Waals surface area contributed by atoms with E-state index in [1.165, 1.54) is 45.5 Å². The highest BCUT2D eigenvalue weighted by molar-refractivity contribution is 7.92. The quantitative estimate of drug-likeness (QED) is 0.249. The van der Waals surface area contributed by atoms with Gasteiger partial charge in [0, 0.05) is 36.6 Å². The number of hydrogen-bond donors (Lipinski definition) is 1. The first-order chi connectivity index (χ1) is 20.8. The Balaban J connectivity index is 1.22. The van der Waals surface area contributed by atoms with Crippen molar-refractivity contribution in [3.63, 3.8) is 0 Å². The number of benzene rings is 3. The Morgan fingerprint density at radius 1 is 0.930 bits per heavy atom. The number of esters is 1. The molecule has 1 amide bonds. The summed E-state index contributed by atoms with van der Waals surface area (Å²) in [4.78, 5) is 29.9. The molecule has 0 atom stereocenters. The summed E-state index contributed by atoms with van der Waals surface area (Å²) in [5, 5.41) is 3.38. The Hall–Kier alpha value is -3.99. The summed E-state index contributed by atoms with van der Waals surface area (Å²) in [7, 11) is -3.79. The molecule has 0 saturated carbocycles. The van der Waals surface area contributed by atoms with Gasteiger partial charge < -0.3 is 10.1 Å². The van der Waals surface area contributed by atoms with Crippen LogP contribution in [0.25, 0.3) is 0 Å². The molecular formula is C33H33N3O5S2. The molecule has 3 heterocycles. The second-order valence-electron chi connectivity index (χ2n) is 10.7. The van der Waals surface area contributed by atoms with E-state index in [4.69, 9.17) is 4.74 Å². The molecule has 1 aromatic heterocycles. The smallest absolute Gasteiger partial charge is 0.341 e. The zero-order valence-corrected chi connectivity index (χ0v) is 25.5. The summed E-state index contributed by atoms with van der Waals surface area (Å²) < 4.78 is 33.9. The van der Waals surface area contributed by atoms with Gasteiger partial charge in [-0.15, -0.1) is 11.3 Å². The number of aryl methyl sites for hydroxylation is 1. The molecule has 0 saturated heterocycles. The number of amides is 1. The van der Waals surface area contributed by atoms with Crippen molar-refractivity contribution in [2.75, 3.05) is 29.3 Å². The number of nitrogens with zero attached hydrogens (tertiary/aromatic N) is 2. The van der Waals surface area contributed by atoms with Gasteiger partial charge in [-0.05, 0) is 73.2 Å². The number of nitrogens with one attached hydrogen (secondary N) is 1. The van der Waals surface area contributed by atoms with Crippen LogP contribution in [0.2, 0.25) is 0 Å². The van der Waals surface area contributed by atoms with E-state index >= 15 is 0 Å². The van der Waals surface area contributed by atoms with Crippen molar-refractivity contribution in [2.45, 2.75) is 44.2 Å². The predicted octanol–water partition coefficient (Wildman–Crippen LogP) is 5.88. The van der Waals surface area contributed by atoms with E-state index in [1.807, 2.05) is 42.5 Å². The molecule has 3 aromatic carbocycles. The summed E-state index contributed by atoms with van der Waals surface area (Å²) in [6.45, 7) is 4.65. The molecule has 0 unspecified atom stereocenters. The third-order valence-corrected chi connectivity index (χ3v) is 10.8. The van der Waals surface area contributed by atoms with E-state index in [0.29, 0.717) is 41.3 Å². The fraction of sp³-hybridized carbons (Fsp3) is 0.273. The fourth-order valence-corrected chi connectivity index (χ4v) is 8.58. The third kappa shape index (κ3) is 5.95. The van der Waals surface area contributed by atoms with E-state index in [1.54, 1.807) is 6.92 Å². The van der Waals surface area contributed by atoms with Crippen LogP contribution in [0.5, 0.6) is 0 Å². The minimum Gasteiger partial charge on any atom is -0.462 e. The predicted molar refractivity (Wildman–Crippen MR) is 168 cm³/mol. The van der Waals surface area contributed by atoms with Crippen LogP contribution in [-0.2, 0) is 40.7 Å². The summed E-state index contributed by atoms with van der Waals surface area (Å²) in [5.41, 5.74) is 4.56. The number of thiophene rings is 1. The molecule has 0 radical (unpaired) electrons. The van der Waals surface area contributed by atoms with E-state index < -0.39 is 21.9 Å². The molecule has 0 spiro atoms. The van der Waals surface area contributed by atoms with Crippen molar-refractivity contribution in [3.8, 4) is 0 Å². The largest absolute Gasteiger partial charge is 0.462 e. The average Bonchev–Trinajstić information content (AvgIpc) is 3.38. The van der Waals surface area contributed by atoms with Gasteiger partial charge in [-0.3, -0.25) is 14.0 Å². The molecule has 222 valence electrons. The summed E-state index contributed by atoms with van der Waals surface area (Å²) in [5.74, 6) is -0.868. The Bertz CT molecular complexity index is 1750. The van der Waals surface area contributed by atoms with Crippen LogP contribution in [-0.4, -0.2) is 44.9 Å². The van der Waals surface area contributed by atoms with Gasteiger partial charge >= 0.3 is 5.97 Å². The van der Waals surface area contributed by atoms with Gasteiger partial charge in [-0.2, -0.15) is 0 Å². The number of anilines is 2. The lowest BCUT2D eigenvalue weighted by atomic mass is 10.0. The fourth-order valence-electron chi connectivity index (χ4n) is 5.77. The van der Waals surface area contributed by atoms with Gasteiger partial charge in [0.1, 0.15) is 5.00 Å². The highest BCUT2D eigenvalue weighted by Gasteiger charge is 2.31. The highest BCUT2D eigenvalue weighted by atomic mass is 32.2. The zero-order chi connectivity index (χ0) is 30.0. The standard InChI is InChI=1S/C33H33N3O5S2/c1-2-41-33(38)30-27-18-20-35(21-23-9-4-3-5-10-23)22-29(27)42-32(30)34-31(37)25-14-16-26(17-15-25)43(39,40)36-19-8-12-24-11-6-7-13-28(24)36/h3-7,9-11,13-17H,2,8,12,18-22H2,1H3,(H,34,37). The zero-order valence-electron chi connectivity index (χ0n) is 23.9. The molecule has 8 nitrogen and oxygen atoms in total. The summed E-state index contributed by atoms with van der Waals surface area (Å²) in [6.07, 6.45) is 2.26. The Kier molecular flexibility index (Phi) is 8.34. The van der Waals surface area contributed by atoms with Gasteiger partial charge in [-0.1, -0.05) is 48.5 Å². The molecule has 6 rings (SSSR count). The summed E-state index contributed by atoms with van der Waals surface area (Å²) in [6, 6.07) is 23.7. The van der Waals surface area contributed by atoms with Crippen molar-refractivity contribution < 1.29 is 22.7 Å². The number of ether oxygens (including phenoxy) is 1. The minimum atomic E-state index is -3.79. The maximum atomic E-state index is 13.5. The molecular weight excluding hydrogens is 583 g/mol. The van der Waals surface area contributed by atoms with Gasteiger partial charge in [-0.25, -0.2) is 13.2 Å². The highest BCUT2D eigenvalue weighted by Crippen LogP contribution is 2.38. The van der Waals surface area contributed by atoms with Crippen LogP contribution in [0.1, 0.15) is 55.6 Å². The lowest BCUT2D eigenvalue weighted by Gasteiger charge is -2.30. The number of carbonyl (C=O) groups is 2. The second-order valence-corrected chi connectivity index (χ2v) is 13.6. The summed E-state index contributed by atoms with van der Waals surface area (Å²) >= 11 is 1.40. The first kappa shape index (κ1) is 29.1. The van der Waals surface area contributed by atoms with Crippen LogP contribution in [0.3, 0.4) is 0 Å². The van der Waals surface area contributed by atoms with Crippen LogP contribution in [0.15, 0.2) is 83.8 Å². The number of para-hydroxylation sites is 1. The first-order valence-corrected chi connectivity index (χ1v) is 16.7. The van der Waals surface area contributed by atoms with E-state index in [2.05, 4.69) is 22.3 Å². The van der Waals surface area contributed by atoms with E-state index in [0.717, 1.165) is 41.9 Å².